The molecule has 8 heteroatoms. The molecule has 2 atom stereocenters. The van der Waals surface area contributed by atoms with E-state index in [0.29, 0.717) is 11.4 Å². The number of carbonyl (C=O) groups is 1. The maximum atomic E-state index is 12.2. The molecule has 0 aromatic heterocycles. The number of benzene rings is 1. The summed E-state index contributed by atoms with van der Waals surface area (Å²) in [6.45, 7) is 0.100. The summed E-state index contributed by atoms with van der Waals surface area (Å²) >= 11 is 0. The third kappa shape index (κ3) is 6.01. The summed E-state index contributed by atoms with van der Waals surface area (Å²) in [5.41, 5.74) is 0.631. The van der Waals surface area contributed by atoms with Crippen molar-refractivity contribution in [3.8, 4) is 5.75 Å². The van der Waals surface area contributed by atoms with Crippen molar-refractivity contribution in [1.29, 1.82) is 0 Å². The number of ether oxygens (including phenoxy) is 1. The second-order valence-corrected chi connectivity index (χ2v) is 7.61. The number of hydrogen-bond acceptors (Lipinski definition) is 5. The molecule has 2 amide bonds. The predicted octanol–water partition coefficient (Wildman–Crippen LogP) is 2.35. The minimum atomic E-state index is -3.47. The number of urea groups is 1. The van der Waals surface area contributed by atoms with Gasteiger partial charge in [-0.05, 0) is 25.0 Å². The summed E-state index contributed by atoms with van der Waals surface area (Å²) in [5, 5.41) is 5.69. The highest BCUT2D eigenvalue weighted by Crippen LogP contribution is 2.25. The molecule has 0 radical (unpaired) electrons. The molecule has 1 saturated carbocycles. The Bertz CT molecular complexity index is 662. The Morgan fingerprint density at radius 1 is 1.29 bits per heavy atom. The fourth-order valence-electron chi connectivity index (χ4n) is 2.84. The Morgan fingerprint density at radius 2 is 2.04 bits per heavy atom. The quantitative estimate of drug-likeness (QED) is 0.763. The van der Waals surface area contributed by atoms with Gasteiger partial charge in [-0.15, -0.1) is 0 Å². The lowest BCUT2D eigenvalue weighted by Gasteiger charge is -2.31. The molecule has 2 rings (SSSR count). The highest BCUT2D eigenvalue weighted by Gasteiger charge is 2.27. The van der Waals surface area contributed by atoms with Crippen LogP contribution in [0.2, 0.25) is 0 Å². The van der Waals surface area contributed by atoms with Crippen molar-refractivity contribution >= 4 is 21.8 Å². The topological polar surface area (TPSA) is 93.7 Å². The molecule has 1 aliphatic rings. The zero-order valence-corrected chi connectivity index (χ0v) is 14.8. The van der Waals surface area contributed by atoms with Gasteiger partial charge < -0.3 is 15.4 Å². The lowest BCUT2D eigenvalue weighted by molar-refractivity contribution is 0.174. The minimum Gasteiger partial charge on any atom is -0.497 e. The summed E-state index contributed by atoms with van der Waals surface area (Å²) < 4.78 is 32.4. The summed E-state index contributed by atoms with van der Waals surface area (Å²) in [7, 11) is -1.91. The van der Waals surface area contributed by atoms with Crippen LogP contribution in [0.3, 0.4) is 0 Å². The van der Waals surface area contributed by atoms with E-state index in [-0.39, 0.29) is 24.6 Å². The largest absolute Gasteiger partial charge is 0.497 e. The second kappa shape index (κ2) is 8.34. The van der Waals surface area contributed by atoms with Crippen LogP contribution in [0.15, 0.2) is 24.3 Å². The van der Waals surface area contributed by atoms with Gasteiger partial charge >= 0.3 is 6.03 Å². The molecule has 0 spiro atoms. The predicted molar refractivity (Wildman–Crippen MR) is 91.7 cm³/mol. The van der Waals surface area contributed by atoms with Crippen molar-refractivity contribution < 1.29 is 22.1 Å². The van der Waals surface area contributed by atoms with Gasteiger partial charge in [0.05, 0.1) is 20.0 Å². The first kappa shape index (κ1) is 18.5. The van der Waals surface area contributed by atoms with Crippen LogP contribution in [0, 0.1) is 5.92 Å². The minimum absolute atomic E-state index is 0.00969. The molecule has 1 fully saturated rings. The first-order valence-electron chi connectivity index (χ1n) is 7.93. The zero-order chi connectivity index (χ0) is 17.6. The number of anilines is 1. The van der Waals surface area contributed by atoms with Crippen LogP contribution in [-0.2, 0) is 14.3 Å². The van der Waals surface area contributed by atoms with Crippen molar-refractivity contribution in [3.05, 3.63) is 24.3 Å². The molecule has 2 N–H and O–H groups in total. The maximum Gasteiger partial charge on any atom is 0.319 e. The van der Waals surface area contributed by atoms with Crippen LogP contribution in [0.1, 0.15) is 25.7 Å². The molecule has 0 heterocycles. The molecule has 0 bridgehead atoms. The third-order valence-electron chi connectivity index (χ3n) is 4.05. The van der Waals surface area contributed by atoms with Gasteiger partial charge in [-0.3, -0.25) is 4.18 Å². The fraction of sp³-hybridized carbons (Fsp3) is 0.562. The summed E-state index contributed by atoms with van der Waals surface area (Å²) in [6.07, 6.45) is 4.68. The van der Waals surface area contributed by atoms with Gasteiger partial charge in [0.25, 0.3) is 10.1 Å². The van der Waals surface area contributed by atoms with E-state index >= 15 is 0 Å². The number of rotatable bonds is 6. The maximum absolute atomic E-state index is 12.2. The van der Waals surface area contributed by atoms with E-state index in [2.05, 4.69) is 10.6 Å². The molecule has 0 aliphatic heterocycles. The molecule has 134 valence electrons. The molecule has 0 saturated heterocycles. The molecule has 1 aliphatic carbocycles. The van der Waals surface area contributed by atoms with Crippen molar-refractivity contribution in [2.45, 2.75) is 31.7 Å². The van der Waals surface area contributed by atoms with Gasteiger partial charge in [0.1, 0.15) is 5.75 Å². The first-order valence-corrected chi connectivity index (χ1v) is 9.75. The molecule has 1 aromatic rings. The molecular weight excluding hydrogens is 332 g/mol. The monoisotopic (exact) mass is 356 g/mol. The molecule has 1 aromatic carbocycles. The molecule has 7 nitrogen and oxygen atoms in total. The van der Waals surface area contributed by atoms with Gasteiger partial charge in [-0.2, -0.15) is 8.42 Å². The lowest BCUT2D eigenvalue weighted by atomic mass is 9.85. The van der Waals surface area contributed by atoms with Gasteiger partial charge in [0.2, 0.25) is 0 Å². The van der Waals surface area contributed by atoms with E-state index in [1.54, 1.807) is 31.4 Å². The van der Waals surface area contributed by atoms with Crippen molar-refractivity contribution in [2.24, 2.45) is 5.92 Å². The first-order chi connectivity index (χ1) is 11.4. The van der Waals surface area contributed by atoms with Gasteiger partial charge in [0.15, 0.2) is 0 Å². The Morgan fingerprint density at radius 3 is 2.75 bits per heavy atom. The van der Waals surface area contributed by atoms with E-state index in [1.165, 1.54) is 0 Å². The van der Waals surface area contributed by atoms with Crippen LogP contribution < -0.4 is 15.4 Å². The Labute approximate surface area is 142 Å². The Hall–Kier alpha value is -1.80. The number of amides is 2. The zero-order valence-electron chi connectivity index (χ0n) is 13.9. The van der Waals surface area contributed by atoms with Crippen molar-refractivity contribution in [3.63, 3.8) is 0 Å². The Balaban J connectivity index is 1.92. The lowest BCUT2D eigenvalue weighted by Crippen LogP contribution is -2.45. The van der Waals surface area contributed by atoms with E-state index in [9.17, 15) is 13.2 Å². The number of nitrogens with one attached hydrogen (secondary N) is 2. The number of methoxy groups -OCH3 is 1. The van der Waals surface area contributed by atoms with Crippen LogP contribution in [-0.4, -0.2) is 40.5 Å². The van der Waals surface area contributed by atoms with E-state index in [1.807, 2.05) is 0 Å². The van der Waals surface area contributed by atoms with Gasteiger partial charge in [-0.1, -0.05) is 18.9 Å². The van der Waals surface area contributed by atoms with Crippen LogP contribution >= 0.6 is 0 Å². The third-order valence-corrected chi connectivity index (χ3v) is 4.61. The highest BCUT2D eigenvalue weighted by atomic mass is 32.2. The average Bonchev–Trinajstić information content (AvgIpc) is 2.53. The number of carbonyl (C=O) groups excluding carboxylic acids is 1. The van der Waals surface area contributed by atoms with Gasteiger partial charge in [0, 0.05) is 23.7 Å². The van der Waals surface area contributed by atoms with Crippen molar-refractivity contribution in [2.75, 3.05) is 25.3 Å². The highest BCUT2D eigenvalue weighted by molar-refractivity contribution is 7.85. The fourth-order valence-corrected chi connectivity index (χ4v) is 3.27. The summed E-state index contributed by atoms with van der Waals surface area (Å²) in [4.78, 5) is 12.2. The van der Waals surface area contributed by atoms with Gasteiger partial charge in [-0.25, -0.2) is 4.79 Å². The van der Waals surface area contributed by atoms with Crippen molar-refractivity contribution in [1.82, 2.24) is 5.32 Å². The Kier molecular flexibility index (Phi) is 6.44. The van der Waals surface area contributed by atoms with E-state index < -0.39 is 10.1 Å². The number of hydrogen-bond donors (Lipinski definition) is 2. The normalized spacial score (nSPS) is 21.1. The SMILES string of the molecule is COc1cccc(NC(=O)NC2CCCC[C@H]2COS(C)(=O)=O)c1. The summed E-state index contributed by atoms with van der Waals surface area (Å²) in [5.74, 6) is 0.648. The molecular formula is C16H24N2O5S. The van der Waals surface area contributed by atoms with Crippen LogP contribution in [0.5, 0.6) is 5.75 Å². The van der Waals surface area contributed by atoms with Crippen LogP contribution in [0.4, 0.5) is 10.5 Å². The second-order valence-electron chi connectivity index (χ2n) is 5.97. The molecule has 1 unspecified atom stereocenters. The van der Waals surface area contributed by atoms with E-state index in [4.69, 9.17) is 8.92 Å². The standard InChI is InChI=1S/C16H24N2O5S/c1-22-14-8-5-7-13(10-14)17-16(19)18-15-9-4-3-6-12(15)11-23-24(2,20)21/h5,7-8,10,12,15H,3-4,6,9,11H2,1-2H3,(H2,17,18,19)/t12-,15?/m0/s1. The van der Waals surface area contributed by atoms with E-state index in [0.717, 1.165) is 31.9 Å². The smallest absolute Gasteiger partial charge is 0.319 e. The summed E-state index contributed by atoms with van der Waals surface area (Å²) in [6, 6.07) is 6.66. The van der Waals surface area contributed by atoms with Crippen LogP contribution in [0.25, 0.3) is 0 Å². The average molecular weight is 356 g/mol. The molecule has 24 heavy (non-hydrogen) atoms.